The van der Waals surface area contributed by atoms with Crippen molar-refractivity contribution in [3.63, 3.8) is 0 Å². The van der Waals surface area contributed by atoms with Crippen LogP contribution in [-0.2, 0) is 0 Å². The maximum absolute atomic E-state index is 11.3. The second kappa shape index (κ2) is 7.26. The lowest BCUT2D eigenvalue weighted by Crippen LogP contribution is -2.33. The fourth-order valence-corrected chi connectivity index (χ4v) is 2.55. The van der Waals surface area contributed by atoms with Crippen molar-refractivity contribution >= 4 is 11.4 Å². The molecule has 2 rings (SSSR count). The molecule has 0 aliphatic carbocycles. The number of anilines is 1. The van der Waals surface area contributed by atoms with Crippen LogP contribution in [-0.4, -0.2) is 30.7 Å². The van der Waals surface area contributed by atoms with Gasteiger partial charge in [0.1, 0.15) is 5.69 Å². The smallest absolute Gasteiger partial charge is 0.333 e. The van der Waals surface area contributed by atoms with Gasteiger partial charge in [0.25, 0.3) is 0 Å². The molecule has 6 nitrogen and oxygen atoms in total. The molecule has 1 aromatic carbocycles. The van der Waals surface area contributed by atoms with Crippen LogP contribution in [0, 0.1) is 16.0 Å². The summed E-state index contributed by atoms with van der Waals surface area (Å²) in [5, 5.41) is 17.9. The van der Waals surface area contributed by atoms with E-state index in [-0.39, 0.29) is 16.7 Å². The van der Waals surface area contributed by atoms with Gasteiger partial charge in [-0.3, -0.25) is 10.1 Å². The molecule has 0 spiro atoms. The monoisotopic (exact) mass is 293 g/mol. The van der Waals surface area contributed by atoms with E-state index in [2.05, 4.69) is 10.6 Å². The number of nitro benzene ring substituents is 1. The summed E-state index contributed by atoms with van der Waals surface area (Å²) >= 11 is 0. The van der Waals surface area contributed by atoms with Crippen LogP contribution in [0.3, 0.4) is 0 Å². The van der Waals surface area contributed by atoms with Crippen LogP contribution in [0.2, 0.25) is 0 Å². The molecule has 0 radical (unpaired) electrons. The SMILES string of the molecule is CC(C)Oc1cccc(NCC2CCCNC2)c1[N+](=O)[O-]. The number of hydrogen-bond acceptors (Lipinski definition) is 5. The summed E-state index contributed by atoms with van der Waals surface area (Å²) in [5.41, 5.74) is 0.554. The molecule has 0 amide bonds. The molecule has 0 aromatic heterocycles. The first kappa shape index (κ1) is 15.6. The standard InChI is InChI=1S/C15H23N3O3/c1-11(2)21-14-7-3-6-13(15(14)18(19)20)17-10-12-5-4-8-16-9-12/h3,6-7,11-12,16-17H,4-5,8-10H2,1-2H3. The first-order chi connectivity index (χ1) is 10.1. The van der Waals surface area contributed by atoms with E-state index in [1.807, 2.05) is 13.8 Å². The third kappa shape index (κ3) is 4.32. The van der Waals surface area contributed by atoms with Gasteiger partial charge in [-0.05, 0) is 57.8 Å². The summed E-state index contributed by atoms with van der Waals surface area (Å²) in [6.45, 7) is 6.48. The highest BCUT2D eigenvalue weighted by Gasteiger charge is 2.22. The Hall–Kier alpha value is -1.82. The zero-order valence-corrected chi connectivity index (χ0v) is 12.6. The Morgan fingerprint density at radius 1 is 1.52 bits per heavy atom. The molecule has 1 atom stereocenters. The van der Waals surface area contributed by atoms with E-state index in [0.717, 1.165) is 32.5 Å². The second-order valence-electron chi connectivity index (χ2n) is 5.67. The molecule has 6 heteroatoms. The Labute approximate surface area is 125 Å². The summed E-state index contributed by atoms with van der Waals surface area (Å²) in [7, 11) is 0. The number of ether oxygens (including phenoxy) is 1. The Balaban J connectivity index is 2.11. The molecular weight excluding hydrogens is 270 g/mol. The predicted molar refractivity (Wildman–Crippen MR) is 82.9 cm³/mol. The molecule has 1 fully saturated rings. The molecule has 1 unspecified atom stereocenters. The lowest BCUT2D eigenvalue weighted by molar-refractivity contribution is -0.385. The van der Waals surface area contributed by atoms with Crippen molar-refractivity contribution in [1.29, 1.82) is 0 Å². The highest BCUT2D eigenvalue weighted by Crippen LogP contribution is 2.35. The second-order valence-corrected chi connectivity index (χ2v) is 5.67. The van der Waals surface area contributed by atoms with Crippen LogP contribution in [0.1, 0.15) is 26.7 Å². The highest BCUT2D eigenvalue weighted by molar-refractivity contribution is 5.68. The first-order valence-electron chi connectivity index (χ1n) is 7.46. The van der Waals surface area contributed by atoms with E-state index in [4.69, 9.17) is 4.74 Å². The summed E-state index contributed by atoms with van der Waals surface area (Å²) in [6.07, 6.45) is 2.21. The largest absolute Gasteiger partial charge is 0.484 e. The van der Waals surface area contributed by atoms with E-state index in [0.29, 0.717) is 17.4 Å². The zero-order valence-electron chi connectivity index (χ0n) is 12.6. The van der Waals surface area contributed by atoms with Crippen molar-refractivity contribution in [3.8, 4) is 5.75 Å². The summed E-state index contributed by atoms with van der Waals surface area (Å²) in [4.78, 5) is 11.0. The van der Waals surface area contributed by atoms with Crippen molar-refractivity contribution in [3.05, 3.63) is 28.3 Å². The molecule has 1 aromatic rings. The quantitative estimate of drug-likeness (QED) is 0.623. The molecule has 2 N–H and O–H groups in total. The Bertz CT molecular complexity index is 485. The summed E-state index contributed by atoms with van der Waals surface area (Å²) < 4.78 is 5.55. The van der Waals surface area contributed by atoms with Gasteiger partial charge < -0.3 is 15.4 Å². The minimum absolute atomic E-state index is 0.0231. The van der Waals surface area contributed by atoms with Crippen molar-refractivity contribution in [1.82, 2.24) is 5.32 Å². The molecule has 1 saturated heterocycles. The maximum atomic E-state index is 11.3. The number of para-hydroxylation sites is 1. The van der Waals surface area contributed by atoms with Crippen molar-refractivity contribution in [2.24, 2.45) is 5.92 Å². The third-order valence-electron chi connectivity index (χ3n) is 3.52. The number of hydrogen-bond donors (Lipinski definition) is 2. The van der Waals surface area contributed by atoms with Gasteiger partial charge in [-0.25, -0.2) is 0 Å². The van der Waals surface area contributed by atoms with Crippen molar-refractivity contribution in [2.75, 3.05) is 25.0 Å². The molecule has 116 valence electrons. The minimum atomic E-state index is -0.376. The number of nitro groups is 1. The van der Waals surface area contributed by atoms with Crippen LogP contribution in [0.5, 0.6) is 5.75 Å². The lowest BCUT2D eigenvalue weighted by Gasteiger charge is -2.23. The average molecular weight is 293 g/mol. The fraction of sp³-hybridized carbons (Fsp3) is 0.600. The Kier molecular flexibility index (Phi) is 5.38. The van der Waals surface area contributed by atoms with E-state index in [1.54, 1.807) is 18.2 Å². The third-order valence-corrected chi connectivity index (χ3v) is 3.52. The van der Waals surface area contributed by atoms with Crippen LogP contribution in [0.25, 0.3) is 0 Å². The minimum Gasteiger partial charge on any atom is -0.484 e. The number of nitrogens with zero attached hydrogens (tertiary/aromatic N) is 1. The highest BCUT2D eigenvalue weighted by atomic mass is 16.6. The van der Waals surface area contributed by atoms with Crippen molar-refractivity contribution in [2.45, 2.75) is 32.8 Å². The molecule has 21 heavy (non-hydrogen) atoms. The van der Waals surface area contributed by atoms with Crippen LogP contribution < -0.4 is 15.4 Å². The van der Waals surface area contributed by atoms with E-state index in [9.17, 15) is 10.1 Å². The van der Waals surface area contributed by atoms with Gasteiger partial charge in [0.05, 0.1) is 11.0 Å². The number of rotatable bonds is 6. The lowest BCUT2D eigenvalue weighted by atomic mass is 9.99. The number of benzene rings is 1. The molecule has 1 aliphatic heterocycles. The molecule has 1 heterocycles. The van der Waals surface area contributed by atoms with Gasteiger partial charge in [0.15, 0.2) is 5.75 Å². The van der Waals surface area contributed by atoms with E-state index in [1.165, 1.54) is 0 Å². The predicted octanol–water partition coefficient (Wildman–Crippen LogP) is 2.79. The summed E-state index contributed by atoms with van der Waals surface area (Å²) in [6, 6.07) is 5.17. The zero-order chi connectivity index (χ0) is 15.2. The van der Waals surface area contributed by atoms with Crippen molar-refractivity contribution < 1.29 is 9.66 Å². The topological polar surface area (TPSA) is 76.4 Å². The van der Waals surface area contributed by atoms with Crippen LogP contribution in [0.4, 0.5) is 11.4 Å². The number of piperidine rings is 1. The fourth-order valence-electron chi connectivity index (χ4n) is 2.55. The van der Waals surface area contributed by atoms with E-state index >= 15 is 0 Å². The van der Waals surface area contributed by atoms with E-state index < -0.39 is 0 Å². The first-order valence-corrected chi connectivity index (χ1v) is 7.46. The average Bonchev–Trinajstić information content (AvgIpc) is 2.45. The van der Waals surface area contributed by atoms with Gasteiger partial charge in [-0.15, -0.1) is 0 Å². The Morgan fingerprint density at radius 3 is 2.95 bits per heavy atom. The van der Waals surface area contributed by atoms with Crippen LogP contribution >= 0.6 is 0 Å². The molecule has 1 aliphatic rings. The van der Waals surface area contributed by atoms with Gasteiger partial charge in [-0.1, -0.05) is 6.07 Å². The summed E-state index contributed by atoms with van der Waals surface area (Å²) in [5.74, 6) is 0.829. The molecule has 0 bridgehead atoms. The Morgan fingerprint density at radius 2 is 2.33 bits per heavy atom. The maximum Gasteiger partial charge on any atom is 0.333 e. The van der Waals surface area contributed by atoms with Gasteiger partial charge in [-0.2, -0.15) is 0 Å². The van der Waals surface area contributed by atoms with Crippen LogP contribution in [0.15, 0.2) is 18.2 Å². The van der Waals surface area contributed by atoms with Gasteiger partial charge in [0, 0.05) is 6.54 Å². The molecular formula is C15H23N3O3. The molecule has 0 saturated carbocycles. The number of nitrogens with one attached hydrogen (secondary N) is 2. The van der Waals surface area contributed by atoms with Gasteiger partial charge >= 0.3 is 5.69 Å². The van der Waals surface area contributed by atoms with Gasteiger partial charge in [0.2, 0.25) is 0 Å². The normalized spacial score (nSPS) is 18.5.